The summed E-state index contributed by atoms with van der Waals surface area (Å²) in [5.74, 6) is -0.504. The van der Waals surface area contributed by atoms with Gasteiger partial charge in [-0.1, -0.05) is 24.3 Å². The molecule has 5 nitrogen and oxygen atoms in total. The molecule has 2 amide bonds. The number of hydrogen-bond acceptors (Lipinski definition) is 3. The van der Waals surface area contributed by atoms with Crippen LogP contribution in [-0.2, 0) is 16.0 Å². The number of carbonyl (C=O) groups is 2. The highest BCUT2D eigenvalue weighted by Crippen LogP contribution is 2.24. The number of ether oxygens (including phenoxy) is 1. The molecule has 0 atom stereocenters. The second kappa shape index (κ2) is 8.67. The molecule has 24 heavy (non-hydrogen) atoms. The van der Waals surface area contributed by atoms with Gasteiger partial charge in [-0.25, -0.2) is 4.39 Å². The number of nitrogens with one attached hydrogen (secondary N) is 1. The van der Waals surface area contributed by atoms with Crippen LogP contribution in [-0.4, -0.2) is 18.4 Å². The lowest BCUT2D eigenvalue weighted by atomic mass is 10.1. The second-order valence-electron chi connectivity index (χ2n) is 5.24. The fourth-order valence-electron chi connectivity index (χ4n) is 2.12. The van der Waals surface area contributed by atoms with Crippen molar-refractivity contribution in [3.63, 3.8) is 0 Å². The van der Waals surface area contributed by atoms with Crippen molar-refractivity contribution in [1.82, 2.24) is 0 Å². The number of rotatable bonds is 8. The quantitative estimate of drug-likeness (QED) is 0.781. The molecule has 2 rings (SSSR count). The molecule has 6 heteroatoms. The number of aryl methyl sites for hydroxylation is 1. The summed E-state index contributed by atoms with van der Waals surface area (Å²) in [6.45, 7) is 0.144. The Morgan fingerprint density at radius 1 is 1.08 bits per heavy atom. The first-order valence-electron chi connectivity index (χ1n) is 7.59. The molecule has 126 valence electrons. The zero-order chi connectivity index (χ0) is 17.4. The van der Waals surface area contributed by atoms with Crippen molar-refractivity contribution in [1.29, 1.82) is 0 Å². The van der Waals surface area contributed by atoms with E-state index in [4.69, 9.17) is 10.5 Å². The van der Waals surface area contributed by atoms with Crippen LogP contribution in [0.25, 0.3) is 0 Å². The van der Waals surface area contributed by atoms with Crippen LogP contribution in [0, 0.1) is 5.82 Å². The lowest BCUT2D eigenvalue weighted by Gasteiger charge is -2.12. The molecule has 0 fully saturated rings. The number of primary amides is 1. The van der Waals surface area contributed by atoms with E-state index in [-0.39, 0.29) is 31.2 Å². The molecule has 3 N–H and O–H groups in total. The number of halogens is 1. The molecule has 0 bridgehead atoms. The Balaban J connectivity index is 1.90. The first-order chi connectivity index (χ1) is 11.5. The minimum absolute atomic E-state index is 0.0991. The Labute approximate surface area is 139 Å². The molecule has 0 radical (unpaired) electrons. The van der Waals surface area contributed by atoms with E-state index in [1.165, 1.54) is 12.1 Å². The van der Waals surface area contributed by atoms with Crippen LogP contribution in [0.4, 0.5) is 10.1 Å². The van der Waals surface area contributed by atoms with E-state index in [9.17, 15) is 14.0 Å². The number of anilines is 1. The predicted octanol–water partition coefficient (Wildman–Crippen LogP) is 2.65. The maximum Gasteiger partial charge on any atom is 0.224 e. The molecule has 0 aliphatic carbocycles. The Kier molecular flexibility index (Phi) is 6.31. The van der Waals surface area contributed by atoms with Gasteiger partial charge in [-0.3, -0.25) is 9.59 Å². The summed E-state index contributed by atoms with van der Waals surface area (Å²) in [7, 11) is 0. The fourth-order valence-corrected chi connectivity index (χ4v) is 2.12. The maximum atomic E-state index is 13.1. The summed E-state index contributed by atoms with van der Waals surface area (Å²) in [6, 6.07) is 13.1. The first-order valence-corrected chi connectivity index (χ1v) is 7.59. The molecule has 2 aromatic rings. The van der Waals surface area contributed by atoms with E-state index >= 15 is 0 Å². The zero-order valence-electron chi connectivity index (χ0n) is 13.1. The molecule has 0 unspecified atom stereocenters. The van der Waals surface area contributed by atoms with Gasteiger partial charge in [0.15, 0.2) is 0 Å². The average Bonchev–Trinajstić information content (AvgIpc) is 2.54. The minimum Gasteiger partial charge on any atom is -0.491 e. The van der Waals surface area contributed by atoms with Crippen molar-refractivity contribution >= 4 is 17.5 Å². The van der Waals surface area contributed by atoms with E-state index in [0.717, 1.165) is 5.56 Å². The topological polar surface area (TPSA) is 81.4 Å². The third-order valence-corrected chi connectivity index (χ3v) is 3.30. The molecular formula is C18H19FN2O3. The van der Waals surface area contributed by atoms with Crippen molar-refractivity contribution in [2.75, 3.05) is 11.9 Å². The standard InChI is InChI=1S/C18H19FN2O3/c19-14-5-3-4-13(12-14)8-9-18(23)21-15-6-1-2-7-16(15)24-11-10-17(20)22/h1-7,12H,8-11H2,(H2,20,22)(H,21,23). The summed E-state index contributed by atoms with van der Waals surface area (Å²) in [6.07, 6.45) is 0.759. The van der Waals surface area contributed by atoms with Crippen molar-refractivity contribution in [3.8, 4) is 5.75 Å². The summed E-state index contributed by atoms with van der Waals surface area (Å²) in [5, 5.41) is 2.76. The van der Waals surface area contributed by atoms with Gasteiger partial charge in [-0.05, 0) is 36.2 Å². The van der Waals surface area contributed by atoms with Gasteiger partial charge >= 0.3 is 0 Å². The SMILES string of the molecule is NC(=O)CCOc1ccccc1NC(=O)CCc1cccc(F)c1. The van der Waals surface area contributed by atoms with Crippen LogP contribution in [0.5, 0.6) is 5.75 Å². The van der Waals surface area contributed by atoms with Gasteiger partial charge in [0, 0.05) is 6.42 Å². The van der Waals surface area contributed by atoms with Gasteiger partial charge in [-0.15, -0.1) is 0 Å². The Bertz CT molecular complexity index is 719. The number of carbonyl (C=O) groups excluding carboxylic acids is 2. The number of benzene rings is 2. The van der Waals surface area contributed by atoms with Gasteiger partial charge in [0.05, 0.1) is 18.7 Å². The van der Waals surface area contributed by atoms with E-state index in [1.54, 1.807) is 36.4 Å². The lowest BCUT2D eigenvalue weighted by molar-refractivity contribution is -0.118. The molecule has 0 heterocycles. The summed E-state index contributed by atoms with van der Waals surface area (Å²) >= 11 is 0. The fraction of sp³-hybridized carbons (Fsp3) is 0.222. The zero-order valence-corrected chi connectivity index (χ0v) is 13.1. The highest BCUT2D eigenvalue weighted by molar-refractivity contribution is 5.92. The summed E-state index contributed by atoms with van der Waals surface area (Å²) in [5.41, 5.74) is 6.35. The monoisotopic (exact) mass is 330 g/mol. The largest absolute Gasteiger partial charge is 0.491 e. The van der Waals surface area contributed by atoms with Crippen LogP contribution < -0.4 is 15.8 Å². The smallest absolute Gasteiger partial charge is 0.224 e. The highest BCUT2D eigenvalue weighted by Gasteiger charge is 2.08. The lowest BCUT2D eigenvalue weighted by Crippen LogP contribution is -2.16. The van der Waals surface area contributed by atoms with Gasteiger partial charge in [0.2, 0.25) is 11.8 Å². The third-order valence-electron chi connectivity index (χ3n) is 3.30. The van der Waals surface area contributed by atoms with E-state index in [0.29, 0.717) is 17.9 Å². The van der Waals surface area contributed by atoms with Gasteiger partial charge < -0.3 is 15.8 Å². The van der Waals surface area contributed by atoms with Crippen LogP contribution in [0.2, 0.25) is 0 Å². The van der Waals surface area contributed by atoms with E-state index in [2.05, 4.69) is 5.32 Å². The maximum absolute atomic E-state index is 13.1. The average molecular weight is 330 g/mol. The van der Waals surface area contributed by atoms with Gasteiger partial charge in [-0.2, -0.15) is 0 Å². The molecule has 0 saturated carbocycles. The molecule has 0 aromatic heterocycles. The number of hydrogen-bond donors (Lipinski definition) is 2. The van der Waals surface area contributed by atoms with Crippen LogP contribution in [0.15, 0.2) is 48.5 Å². The molecular weight excluding hydrogens is 311 g/mol. The number of para-hydroxylation sites is 2. The van der Waals surface area contributed by atoms with Crippen molar-refractivity contribution in [2.24, 2.45) is 5.73 Å². The summed E-state index contributed by atoms with van der Waals surface area (Å²) in [4.78, 5) is 22.8. The minimum atomic E-state index is -0.452. The van der Waals surface area contributed by atoms with Crippen molar-refractivity contribution in [3.05, 3.63) is 59.9 Å². The van der Waals surface area contributed by atoms with Crippen LogP contribution >= 0.6 is 0 Å². The summed E-state index contributed by atoms with van der Waals surface area (Å²) < 4.78 is 18.6. The van der Waals surface area contributed by atoms with Crippen molar-refractivity contribution < 1.29 is 18.7 Å². The molecule has 0 saturated heterocycles. The Morgan fingerprint density at radius 3 is 2.62 bits per heavy atom. The first kappa shape index (κ1) is 17.5. The van der Waals surface area contributed by atoms with Gasteiger partial charge in [0.25, 0.3) is 0 Å². The predicted molar refractivity (Wildman–Crippen MR) is 89.1 cm³/mol. The Hall–Kier alpha value is -2.89. The highest BCUT2D eigenvalue weighted by atomic mass is 19.1. The molecule has 0 aliphatic heterocycles. The Morgan fingerprint density at radius 2 is 1.88 bits per heavy atom. The molecule has 0 spiro atoms. The van der Waals surface area contributed by atoms with Crippen LogP contribution in [0.1, 0.15) is 18.4 Å². The van der Waals surface area contributed by atoms with Crippen LogP contribution in [0.3, 0.4) is 0 Å². The number of amides is 2. The van der Waals surface area contributed by atoms with Crippen molar-refractivity contribution in [2.45, 2.75) is 19.3 Å². The molecule has 0 aliphatic rings. The van der Waals surface area contributed by atoms with E-state index < -0.39 is 5.91 Å². The van der Waals surface area contributed by atoms with E-state index in [1.807, 2.05) is 0 Å². The second-order valence-corrected chi connectivity index (χ2v) is 5.24. The van der Waals surface area contributed by atoms with Gasteiger partial charge in [0.1, 0.15) is 11.6 Å². The third kappa shape index (κ3) is 5.72. The number of nitrogens with two attached hydrogens (primary N) is 1. The molecule has 2 aromatic carbocycles. The normalized spacial score (nSPS) is 10.2.